The van der Waals surface area contributed by atoms with E-state index in [0.29, 0.717) is 0 Å². The summed E-state index contributed by atoms with van der Waals surface area (Å²) in [6.07, 6.45) is 12.0. The number of benzene rings is 1. The molecule has 0 spiro atoms. The fourth-order valence-corrected chi connectivity index (χ4v) is 2.66. The van der Waals surface area contributed by atoms with Gasteiger partial charge in [0.25, 0.3) is 0 Å². The van der Waals surface area contributed by atoms with Crippen LogP contribution in [-0.2, 0) is 10.2 Å². The van der Waals surface area contributed by atoms with Crippen molar-refractivity contribution in [1.29, 1.82) is 0 Å². The molecular formula is C19H24O. The van der Waals surface area contributed by atoms with E-state index in [0.717, 1.165) is 12.0 Å². The lowest BCUT2D eigenvalue weighted by Gasteiger charge is -2.27. The summed E-state index contributed by atoms with van der Waals surface area (Å²) in [7, 11) is 0. The number of ketones is 1. The Morgan fingerprint density at radius 1 is 1.05 bits per heavy atom. The molecule has 1 atom stereocenters. The van der Waals surface area contributed by atoms with Gasteiger partial charge in [-0.25, -0.2) is 0 Å². The smallest absolute Gasteiger partial charge is 0.169 e. The van der Waals surface area contributed by atoms with E-state index in [1.54, 1.807) is 0 Å². The van der Waals surface area contributed by atoms with Gasteiger partial charge in [-0.3, -0.25) is 4.79 Å². The van der Waals surface area contributed by atoms with Crippen LogP contribution in [0, 0.1) is 0 Å². The van der Waals surface area contributed by atoms with E-state index in [4.69, 9.17) is 0 Å². The molecule has 0 saturated carbocycles. The minimum Gasteiger partial charge on any atom is -0.293 e. The lowest BCUT2D eigenvalue weighted by atomic mass is 9.75. The minimum atomic E-state index is -0.492. The van der Waals surface area contributed by atoms with Gasteiger partial charge in [-0.2, -0.15) is 0 Å². The Balaban J connectivity index is 2.04. The molecule has 1 aromatic rings. The van der Waals surface area contributed by atoms with Crippen LogP contribution in [-0.4, -0.2) is 5.78 Å². The van der Waals surface area contributed by atoms with Crippen LogP contribution in [0.2, 0.25) is 0 Å². The Kier molecular flexibility index (Phi) is 4.94. The maximum Gasteiger partial charge on any atom is 0.169 e. The van der Waals surface area contributed by atoms with Gasteiger partial charge in [0.2, 0.25) is 0 Å². The summed E-state index contributed by atoms with van der Waals surface area (Å²) in [5.41, 5.74) is 1.76. The van der Waals surface area contributed by atoms with Crippen molar-refractivity contribution >= 4 is 5.78 Å². The van der Waals surface area contributed by atoms with Crippen molar-refractivity contribution < 1.29 is 4.79 Å². The first-order valence-electron chi connectivity index (χ1n) is 7.66. The Morgan fingerprint density at radius 2 is 1.80 bits per heavy atom. The van der Waals surface area contributed by atoms with Gasteiger partial charge >= 0.3 is 0 Å². The fraction of sp³-hybridized carbons (Fsp3) is 0.421. The van der Waals surface area contributed by atoms with E-state index < -0.39 is 5.41 Å². The molecule has 1 aliphatic rings. The molecule has 0 radical (unpaired) electrons. The topological polar surface area (TPSA) is 17.1 Å². The van der Waals surface area contributed by atoms with Gasteiger partial charge < -0.3 is 0 Å². The highest BCUT2D eigenvalue weighted by molar-refractivity contribution is 6.02. The summed E-state index contributed by atoms with van der Waals surface area (Å²) in [4.78, 5) is 12.5. The second kappa shape index (κ2) is 6.69. The molecule has 0 saturated heterocycles. The fourth-order valence-electron chi connectivity index (χ4n) is 2.66. The predicted octanol–water partition coefficient (Wildman–Crippen LogP) is 4.98. The first-order chi connectivity index (χ1) is 9.66. The number of unbranched alkanes of at least 4 members (excludes halogenated alkanes) is 3. The molecule has 1 heteroatoms. The molecule has 106 valence electrons. The van der Waals surface area contributed by atoms with Crippen molar-refractivity contribution in [2.24, 2.45) is 0 Å². The summed E-state index contributed by atoms with van der Waals surface area (Å²) < 4.78 is 0. The molecule has 0 heterocycles. The zero-order valence-corrected chi connectivity index (χ0v) is 12.6. The molecule has 0 aromatic heterocycles. The van der Waals surface area contributed by atoms with Gasteiger partial charge in [-0.05, 0) is 37.0 Å². The normalized spacial score (nSPS) is 21.9. The third-order valence-electron chi connectivity index (χ3n) is 4.15. The van der Waals surface area contributed by atoms with Gasteiger partial charge in [-0.15, -0.1) is 0 Å². The third kappa shape index (κ3) is 3.27. The van der Waals surface area contributed by atoms with Crippen LogP contribution in [0.3, 0.4) is 0 Å². The third-order valence-corrected chi connectivity index (χ3v) is 4.15. The number of allylic oxidation sites excluding steroid dienone is 4. The quantitative estimate of drug-likeness (QED) is 0.665. The Labute approximate surface area is 122 Å². The number of hydrogen-bond acceptors (Lipinski definition) is 1. The number of hydrogen-bond donors (Lipinski definition) is 0. The van der Waals surface area contributed by atoms with Crippen LogP contribution in [0.4, 0.5) is 0 Å². The molecular weight excluding hydrogens is 244 g/mol. The molecule has 1 aliphatic carbocycles. The van der Waals surface area contributed by atoms with Crippen molar-refractivity contribution in [3.63, 3.8) is 0 Å². The SMILES string of the molecule is CCCCCCC1=CC(=O)C(C)(c2ccccc2)C=C1. The van der Waals surface area contributed by atoms with Gasteiger partial charge in [-0.1, -0.05) is 68.7 Å². The second-order valence-corrected chi connectivity index (χ2v) is 5.80. The molecule has 1 aromatic carbocycles. The molecule has 0 aliphatic heterocycles. The average Bonchev–Trinajstić information content (AvgIpc) is 2.48. The molecule has 1 unspecified atom stereocenters. The van der Waals surface area contributed by atoms with Crippen LogP contribution in [0.5, 0.6) is 0 Å². The molecule has 0 N–H and O–H groups in total. The standard InChI is InChI=1S/C19H24O/c1-3-4-5-7-10-16-13-14-19(2,18(20)15-16)17-11-8-6-9-12-17/h6,8-9,11-15H,3-5,7,10H2,1-2H3. The van der Waals surface area contributed by atoms with E-state index >= 15 is 0 Å². The van der Waals surface area contributed by atoms with Gasteiger partial charge in [0.05, 0.1) is 5.41 Å². The summed E-state index contributed by atoms with van der Waals surface area (Å²) in [5, 5.41) is 0. The van der Waals surface area contributed by atoms with Crippen molar-refractivity contribution in [3.05, 3.63) is 59.7 Å². The molecule has 0 bridgehead atoms. The molecule has 20 heavy (non-hydrogen) atoms. The van der Waals surface area contributed by atoms with Crippen LogP contribution >= 0.6 is 0 Å². The van der Waals surface area contributed by atoms with E-state index in [-0.39, 0.29) is 5.78 Å². The van der Waals surface area contributed by atoms with E-state index in [9.17, 15) is 4.79 Å². The highest BCUT2D eigenvalue weighted by atomic mass is 16.1. The van der Waals surface area contributed by atoms with Crippen LogP contribution in [0.15, 0.2) is 54.1 Å². The van der Waals surface area contributed by atoms with Crippen molar-refractivity contribution in [2.75, 3.05) is 0 Å². The molecule has 1 nitrogen and oxygen atoms in total. The van der Waals surface area contributed by atoms with Crippen molar-refractivity contribution in [3.8, 4) is 0 Å². The lowest BCUT2D eigenvalue weighted by molar-refractivity contribution is -0.118. The van der Waals surface area contributed by atoms with E-state index in [1.165, 1.54) is 31.3 Å². The monoisotopic (exact) mass is 268 g/mol. The average molecular weight is 268 g/mol. The lowest BCUT2D eigenvalue weighted by Crippen LogP contribution is -2.31. The number of rotatable bonds is 6. The summed E-state index contributed by atoms with van der Waals surface area (Å²) in [6.45, 7) is 4.22. The summed E-state index contributed by atoms with van der Waals surface area (Å²) in [6, 6.07) is 10.0. The minimum absolute atomic E-state index is 0.205. The number of carbonyl (C=O) groups is 1. The maximum atomic E-state index is 12.5. The van der Waals surface area contributed by atoms with Crippen molar-refractivity contribution in [2.45, 2.75) is 51.4 Å². The number of carbonyl (C=O) groups excluding carboxylic acids is 1. The first-order valence-corrected chi connectivity index (χ1v) is 7.66. The van der Waals surface area contributed by atoms with Gasteiger partial charge in [0, 0.05) is 0 Å². The molecule has 0 fully saturated rings. The summed E-state index contributed by atoms with van der Waals surface area (Å²) >= 11 is 0. The zero-order valence-electron chi connectivity index (χ0n) is 12.6. The Morgan fingerprint density at radius 3 is 2.45 bits per heavy atom. The zero-order chi connectivity index (χ0) is 14.4. The largest absolute Gasteiger partial charge is 0.293 e. The predicted molar refractivity (Wildman–Crippen MR) is 84.8 cm³/mol. The van der Waals surface area contributed by atoms with Crippen LogP contribution in [0.25, 0.3) is 0 Å². The highest BCUT2D eigenvalue weighted by Gasteiger charge is 2.32. The van der Waals surface area contributed by atoms with Crippen LogP contribution < -0.4 is 0 Å². The van der Waals surface area contributed by atoms with Crippen molar-refractivity contribution in [1.82, 2.24) is 0 Å². The van der Waals surface area contributed by atoms with Gasteiger partial charge in [0.1, 0.15) is 0 Å². The van der Waals surface area contributed by atoms with Crippen LogP contribution in [0.1, 0.15) is 51.5 Å². The second-order valence-electron chi connectivity index (χ2n) is 5.80. The maximum absolute atomic E-state index is 12.5. The Hall–Kier alpha value is -1.63. The van der Waals surface area contributed by atoms with E-state index in [1.807, 2.05) is 43.3 Å². The molecule has 2 rings (SSSR count). The molecule has 0 amide bonds. The summed E-state index contributed by atoms with van der Waals surface area (Å²) in [5.74, 6) is 0.205. The van der Waals surface area contributed by atoms with Gasteiger partial charge in [0.15, 0.2) is 5.78 Å². The van der Waals surface area contributed by atoms with E-state index in [2.05, 4.69) is 19.1 Å². The first kappa shape index (κ1) is 14.8. The Bertz CT molecular complexity index is 510. The highest BCUT2D eigenvalue weighted by Crippen LogP contribution is 2.32.